The summed E-state index contributed by atoms with van der Waals surface area (Å²) < 4.78 is 10.7. The lowest BCUT2D eigenvalue weighted by atomic mass is 10.0. The molecule has 3 aromatic rings. The second-order valence-electron chi connectivity index (χ2n) is 6.42. The summed E-state index contributed by atoms with van der Waals surface area (Å²) in [5, 5.41) is 5.11. The van der Waals surface area contributed by atoms with Crippen molar-refractivity contribution in [2.24, 2.45) is 5.73 Å². The molecule has 0 aliphatic heterocycles. The lowest BCUT2D eigenvalue weighted by Crippen LogP contribution is -2.34. The van der Waals surface area contributed by atoms with E-state index in [4.69, 9.17) is 14.9 Å². The van der Waals surface area contributed by atoms with E-state index in [1.807, 2.05) is 37.4 Å². The summed E-state index contributed by atoms with van der Waals surface area (Å²) in [4.78, 5) is 36.3. The zero-order chi connectivity index (χ0) is 20.3. The third-order valence-corrected chi connectivity index (χ3v) is 5.47. The summed E-state index contributed by atoms with van der Waals surface area (Å²) in [6.07, 6.45) is -0.0685. The van der Waals surface area contributed by atoms with Gasteiger partial charge in [-0.2, -0.15) is 0 Å². The largest absolute Gasteiger partial charge is 0.461 e. The Bertz CT molecular complexity index is 1070. The van der Waals surface area contributed by atoms with Crippen molar-refractivity contribution in [3.8, 4) is 0 Å². The molecule has 0 fully saturated rings. The molecule has 0 aliphatic carbocycles. The van der Waals surface area contributed by atoms with Gasteiger partial charge in [0, 0.05) is 21.9 Å². The van der Waals surface area contributed by atoms with Crippen LogP contribution in [0.1, 0.15) is 34.0 Å². The molecule has 0 bridgehead atoms. The number of carbonyl (C=O) groups excluding carboxylic acids is 2. The Hall–Kier alpha value is -3.13. The lowest BCUT2D eigenvalue weighted by molar-refractivity contribution is -0.145. The van der Waals surface area contributed by atoms with Gasteiger partial charge in [0.15, 0.2) is 0 Å². The number of nitrogens with two attached hydrogens (primary N) is 1. The molecule has 28 heavy (non-hydrogen) atoms. The summed E-state index contributed by atoms with van der Waals surface area (Å²) in [6, 6.07) is 7.43. The van der Waals surface area contributed by atoms with Crippen LogP contribution >= 0.6 is 11.3 Å². The van der Waals surface area contributed by atoms with Gasteiger partial charge in [-0.05, 0) is 36.4 Å². The highest BCUT2D eigenvalue weighted by Gasteiger charge is 2.20. The number of hydrogen-bond acceptors (Lipinski definition) is 6. The number of primary amides is 1. The number of rotatable bonds is 6. The summed E-state index contributed by atoms with van der Waals surface area (Å²) in [6.45, 7) is 3.73. The van der Waals surface area contributed by atoms with E-state index in [9.17, 15) is 14.4 Å². The Morgan fingerprint density at radius 2 is 2.07 bits per heavy atom. The molecule has 1 aromatic carbocycles. The first-order valence-corrected chi connectivity index (χ1v) is 9.51. The van der Waals surface area contributed by atoms with Crippen LogP contribution in [0.2, 0.25) is 0 Å². The maximum absolute atomic E-state index is 12.3. The van der Waals surface area contributed by atoms with Crippen LogP contribution in [0.3, 0.4) is 0 Å². The minimum Gasteiger partial charge on any atom is -0.461 e. The summed E-state index contributed by atoms with van der Waals surface area (Å²) in [5.41, 5.74) is 7.63. The predicted molar refractivity (Wildman–Crippen MR) is 106 cm³/mol. The first-order chi connectivity index (χ1) is 13.3. The number of carbonyl (C=O) groups is 2. The van der Waals surface area contributed by atoms with Gasteiger partial charge in [0.1, 0.15) is 12.2 Å². The number of hydrogen-bond donors (Lipinski definition) is 2. The highest BCUT2D eigenvalue weighted by atomic mass is 32.1. The van der Waals surface area contributed by atoms with E-state index < -0.39 is 23.7 Å². The van der Waals surface area contributed by atoms with Crippen LogP contribution in [0, 0.1) is 13.8 Å². The maximum atomic E-state index is 12.3. The number of benzene rings is 1. The molecule has 0 saturated carbocycles. The van der Waals surface area contributed by atoms with Crippen LogP contribution < -0.4 is 16.7 Å². The second kappa shape index (κ2) is 8.26. The molecule has 1 unspecified atom stereocenters. The molecule has 3 rings (SSSR count). The molecule has 2 amide bonds. The van der Waals surface area contributed by atoms with Crippen molar-refractivity contribution in [3.05, 3.63) is 67.7 Å². The van der Waals surface area contributed by atoms with Gasteiger partial charge < -0.3 is 20.2 Å². The summed E-state index contributed by atoms with van der Waals surface area (Å²) in [7, 11) is 0. The maximum Gasteiger partial charge on any atom is 0.336 e. The van der Waals surface area contributed by atoms with E-state index in [1.54, 1.807) is 6.07 Å². The fraction of sp³-hybridized carbons (Fsp3) is 0.250. The number of amides is 2. The number of fused-ring (bicyclic) bond motifs is 1. The molecule has 146 valence electrons. The smallest absolute Gasteiger partial charge is 0.336 e. The van der Waals surface area contributed by atoms with Gasteiger partial charge >= 0.3 is 17.6 Å². The molecule has 2 aromatic heterocycles. The SMILES string of the molecule is Cc1ccc2c(COC(=O)CC(NC(N)=O)c3cccs3)cc(=O)oc2c1C. The van der Waals surface area contributed by atoms with Crippen LogP contribution in [0.25, 0.3) is 11.0 Å². The van der Waals surface area contributed by atoms with Gasteiger partial charge in [-0.25, -0.2) is 9.59 Å². The average molecular weight is 400 g/mol. The van der Waals surface area contributed by atoms with Crippen molar-refractivity contribution in [2.75, 3.05) is 0 Å². The summed E-state index contributed by atoms with van der Waals surface area (Å²) in [5.74, 6) is -0.516. The van der Waals surface area contributed by atoms with Crippen LogP contribution in [-0.4, -0.2) is 12.0 Å². The van der Waals surface area contributed by atoms with E-state index >= 15 is 0 Å². The number of thiophene rings is 1. The van der Waals surface area contributed by atoms with Gasteiger partial charge in [0.25, 0.3) is 0 Å². The minimum atomic E-state index is -0.719. The van der Waals surface area contributed by atoms with E-state index in [0.717, 1.165) is 21.4 Å². The van der Waals surface area contributed by atoms with Gasteiger partial charge in [-0.1, -0.05) is 18.2 Å². The average Bonchev–Trinajstić information content (AvgIpc) is 3.17. The van der Waals surface area contributed by atoms with E-state index in [-0.39, 0.29) is 13.0 Å². The molecule has 3 N–H and O–H groups in total. The minimum absolute atomic E-state index is 0.0685. The number of nitrogens with one attached hydrogen (secondary N) is 1. The molecular weight excluding hydrogens is 380 g/mol. The van der Waals surface area contributed by atoms with E-state index in [1.165, 1.54) is 17.4 Å². The van der Waals surface area contributed by atoms with Crippen molar-refractivity contribution < 1.29 is 18.7 Å². The van der Waals surface area contributed by atoms with Crippen molar-refractivity contribution in [1.29, 1.82) is 0 Å². The molecular formula is C20H20N2O5S. The third-order valence-electron chi connectivity index (χ3n) is 4.48. The second-order valence-corrected chi connectivity index (χ2v) is 7.40. The van der Waals surface area contributed by atoms with Crippen molar-refractivity contribution in [3.63, 3.8) is 0 Å². The Morgan fingerprint density at radius 1 is 1.29 bits per heavy atom. The molecule has 0 spiro atoms. The van der Waals surface area contributed by atoms with Gasteiger partial charge in [0.2, 0.25) is 0 Å². The van der Waals surface area contributed by atoms with Crippen LogP contribution in [0.5, 0.6) is 0 Å². The number of ether oxygens (including phenoxy) is 1. The molecule has 0 radical (unpaired) electrons. The fourth-order valence-corrected chi connectivity index (χ4v) is 3.69. The molecule has 1 atom stereocenters. The van der Waals surface area contributed by atoms with Crippen molar-refractivity contribution in [2.45, 2.75) is 32.9 Å². The first kappa shape index (κ1) is 19.6. The van der Waals surface area contributed by atoms with E-state index in [0.29, 0.717) is 11.1 Å². The summed E-state index contributed by atoms with van der Waals surface area (Å²) >= 11 is 1.40. The van der Waals surface area contributed by atoms with Crippen LogP contribution in [-0.2, 0) is 16.1 Å². The predicted octanol–water partition coefficient (Wildman–Crippen LogP) is 3.31. The van der Waals surface area contributed by atoms with E-state index in [2.05, 4.69) is 5.32 Å². The van der Waals surface area contributed by atoms with Gasteiger partial charge in [-0.3, -0.25) is 4.79 Å². The highest BCUT2D eigenvalue weighted by molar-refractivity contribution is 7.10. The number of urea groups is 1. The number of esters is 1. The number of aryl methyl sites for hydroxylation is 2. The van der Waals surface area contributed by atoms with Crippen LogP contribution in [0.4, 0.5) is 4.79 Å². The zero-order valence-corrected chi connectivity index (χ0v) is 16.3. The highest BCUT2D eigenvalue weighted by Crippen LogP contribution is 2.25. The molecule has 0 aliphatic rings. The Kier molecular flexibility index (Phi) is 5.79. The Balaban J connectivity index is 1.76. The lowest BCUT2D eigenvalue weighted by Gasteiger charge is -2.15. The fourth-order valence-electron chi connectivity index (χ4n) is 2.91. The van der Waals surface area contributed by atoms with Crippen molar-refractivity contribution >= 4 is 34.3 Å². The monoisotopic (exact) mass is 400 g/mol. The van der Waals surface area contributed by atoms with Crippen LogP contribution in [0.15, 0.2) is 44.9 Å². The quantitative estimate of drug-likeness (QED) is 0.487. The topological polar surface area (TPSA) is 112 Å². The standard InChI is InChI=1S/C20H20N2O5S/c1-11-5-6-14-13(8-18(24)27-19(14)12(11)2)10-26-17(23)9-15(22-20(21)25)16-4-3-7-28-16/h3-8,15H,9-10H2,1-2H3,(H3,21,22,25). The van der Waals surface area contributed by atoms with Gasteiger partial charge in [-0.15, -0.1) is 11.3 Å². The normalized spacial score (nSPS) is 11.9. The molecule has 0 saturated heterocycles. The molecule has 2 heterocycles. The molecule has 8 heteroatoms. The third kappa shape index (κ3) is 4.40. The van der Waals surface area contributed by atoms with Gasteiger partial charge in [0.05, 0.1) is 12.5 Å². The zero-order valence-electron chi connectivity index (χ0n) is 15.5. The molecule has 7 nitrogen and oxygen atoms in total. The first-order valence-electron chi connectivity index (χ1n) is 8.63. The van der Waals surface area contributed by atoms with Crippen molar-refractivity contribution in [1.82, 2.24) is 5.32 Å². The Morgan fingerprint density at radius 3 is 2.75 bits per heavy atom. The Labute approximate surface area is 165 Å².